The van der Waals surface area contributed by atoms with Crippen LogP contribution >= 0.6 is 15.9 Å². The second-order valence-electron chi connectivity index (χ2n) is 2.82. The lowest BCUT2D eigenvalue weighted by Gasteiger charge is -2.08. The van der Waals surface area contributed by atoms with Gasteiger partial charge in [-0.2, -0.15) is 4.72 Å². The highest BCUT2D eigenvalue weighted by Crippen LogP contribution is 2.17. The summed E-state index contributed by atoms with van der Waals surface area (Å²) >= 11 is 3.00. The fourth-order valence-corrected chi connectivity index (χ4v) is 3.19. The number of rotatable bonds is 3. The quantitative estimate of drug-likeness (QED) is 0.788. The first kappa shape index (κ1) is 12.2. The Balaban J connectivity index is 3.14. The van der Waals surface area contributed by atoms with Crippen molar-refractivity contribution < 1.29 is 8.42 Å². The Morgan fingerprint density at radius 1 is 1.67 bits per heavy atom. The Morgan fingerprint density at radius 3 is 2.67 bits per heavy atom. The smallest absolute Gasteiger partial charge is 0.235 e. The number of terminal acetylenes is 1. The van der Waals surface area contributed by atoms with Crippen molar-refractivity contribution in [2.24, 2.45) is 7.05 Å². The first-order valence-electron chi connectivity index (χ1n) is 3.92. The van der Waals surface area contributed by atoms with Crippen LogP contribution in [0.4, 0.5) is 0 Å². The molecule has 0 aromatic carbocycles. The molecule has 1 heterocycles. The van der Waals surface area contributed by atoms with Crippen molar-refractivity contribution >= 4 is 26.0 Å². The van der Waals surface area contributed by atoms with Crippen LogP contribution in [0, 0.1) is 12.3 Å². The zero-order chi connectivity index (χ0) is 11.6. The van der Waals surface area contributed by atoms with Gasteiger partial charge >= 0.3 is 0 Å². The minimum absolute atomic E-state index is 0.0513. The van der Waals surface area contributed by atoms with E-state index in [1.54, 1.807) is 6.92 Å². The first-order valence-corrected chi connectivity index (χ1v) is 6.19. The van der Waals surface area contributed by atoms with Gasteiger partial charge in [-0.1, -0.05) is 11.1 Å². The summed E-state index contributed by atoms with van der Waals surface area (Å²) < 4.78 is 27.1. The van der Waals surface area contributed by atoms with E-state index in [1.165, 1.54) is 7.05 Å². The molecule has 0 fully saturated rings. The van der Waals surface area contributed by atoms with Gasteiger partial charge in [0.25, 0.3) is 10.0 Å². The molecule has 0 saturated heterocycles. The molecular formula is C7H9BrN4O2S. The molecule has 15 heavy (non-hydrogen) atoms. The lowest BCUT2D eigenvalue weighted by Crippen LogP contribution is -2.32. The average Bonchev–Trinajstić information content (AvgIpc) is 2.45. The molecule has 0 bridgehead atoms. The molecule has 1 aromatic heterocycles. The minimum atomic E-state index is -3.69. The Labute approximate surface area is 96.2 Å². The number of nitrogens with zero attached hydrogens (tertiary/aromatic N) is 3. The minimum Gasteiger partial charge on any atom is -0.235 e. The van der Waals surface area contributed by atoms with E-state index >= 15 is 0 Å². The summed E-state index contributed by atoms with van der Waals surface area (Å²) in [7, 11) is -2.21. The Kier molecular flexibility index (Phi) is 3.49. The zero-order valence-corrected chi connectivity index (χ0v) is 10.5. The van der Waals surface area contributed by atoms with Gasteiger partial charge in [-0.25, -0.2) is 13.1 Å². The van der Waals surface area contributed by atoms with E-state index in [-0.39, 0.29) is 9.63 Å². The van der Waals surface area contributed by atoms with Crippen LogP contribution in [0.1, 0.15) is 6.92 Å². The van der Waals surface area contributed by atoms with E-state index in [1.807, 2.05) is 0 Å². The Bertz CT molecular complexity index is 482. The van der Waals surface area contributed by atoms with Crippen molar-refractivity contribution in [3.8, 4) is 12.3 Å². The maximum atomic E-state index is 11.8. The first-order chi connectivity index (χ1) is 6.88. The summed E-state index contributed by atoms with van der Waals surface area (Å²) in [6.45, 7) is 1.56. The molecular weight excluding hydrogens is 284 g/mol. The van der Waals surface area contributed by atoms with Crippen LogP contribution in [0.15, 0.2) is 9.63 Å². The topological polar surface area (TPSA) is 76.9 Å². The van der Waals surface area contributed by atoms with E-state index in [0.717, 1.165) is 4.68 Å². The van der Waals surface area contributed by atoms with E-state index in [2.05, 4.69) is 36.9 Å². The van der Waals surface area contributed by atoms with Crippen molar-refractivity contribution in [3.05, 3.63) is 4.60 Å². The van der Waals surface area contributed by atoms with Gasteiger partial charge in [0.05, 0.1) is 6.04 Å². The van der Waals surface area contributed by atoms with E-state index in [0.29, 0.717) is 0 Å². The molecule has 0 aliphatic heterocycles. The van der Waals surface area contributed by atoms with E-state index < -0.39 is 16.1 Å². The molecule has 1 atom stereocenters. The highest BCUT2D eigenvalue weighted by molar-refractivity contribution is 9.10. The fraction of sp³-hybridized carbons (Fsp3) is 0.429. The molecule has 0 saturated carbocycles. The molecule has 1 aromatic rings. The van der Waals surface area contributed by atoms with Crippen LogP contribution in [0.5, 0.6) is 0 Å². The van der Waals surface area contributed by atoms with Crippen LogP contribution in [0.2, 0.25) is 0 Å². The third-order valence-corrected chi connectivity index (χ3v) is 4.00. The van der Waals surface area contributed by atoms with Crippen LogP contribution in [-0.2, 0) is 17.1 Å². The van der Waals surface area contributed by atoms with Crippen molar-refractivity contribution in [2.75, 3.05) is 0 Å². The predicted octanol–water partition coefficient (Wildman–Crippen LogP) is -0.122. The summed E-state index contributed by atoms with van der Waals surface area (Å²) in [5, 5.41) is 7.09. The molecule has 6 nitrogen and oxygen atoms in total. The normalized spacial score (nSPS) is 13.5. The lowest BCUT2D eigenvalue weighted by molar-refractivity contribution is 0.557. The number of hydrogen-bond acceptors (Lipinski definition) is 4. The molecule has 8 heteroatoms. The van der Waals surface area contributed by atoms with E-state index in [4.69, 9.17) is 6.42 Å². The number of nitrogens with one attached hydrogen (secondary N) is 1. The van der Waals surface area contributed by atoms with E-state index in [9.17, 15) is 8.42 Å². The average molecular weight is 293 g/mol. The third-order valence-electron chi connectivity index (χ3n) is 1.57. The van der Waals surface area contributed by atoms with Crippen molar-refractivity contribution in [1.29, 1.82) is 0 Å². The van der Waals surface area contributed by atoms with Crippen molar-refractivity contribution in [3.63, 3.8) is 0 Å². The fourth-order valence-electron chi connectivity index (χ4n) is 0.931. The molecule has 0 aliphatic rings. The molecule has 0 spiro atoms. The van der Waals surface area contributed by atoms with Crippen LogP contribution in [0.25, 0.3) is 0 Å². The standard InChI is InChI=1S/C7H9BrN4O2S/c1-4-5(2)10-15(13,14)7-6(8)9-11-12(7)3/h1,5,10H,2-3H3. The van der Waals surface area contributed by atoms with Crippen LogP contribution in [-0.4, -0.2) is 29.5 Å². The molecule has 0 aliphatic carbocycles. The zero-order valence-electron chi connectivity index (χ0n) is 8.10. The highest BCUT2D eigenvalue weighted by Gasteiger charge is 2.24. The summed E-state index contributed by atoms with van der Waals surface area (Å²) in [6, 6.07) is -0.586. The molecule has 0 amide bonds. The summed E-state index contributed by atoms with van der Waals surface area (Å²) in [5.74, 6) is 2.27. The van der Waals surface area contributed by atoms with Gasteiger partial charge in [0.1, 0.15) is 0 Å². The van der Waals surface area contributed by atoms with Gasteiger partial charge in [0.15, 0.2) is 4.60 Å². The van der Waals surface area contributed by atoms with Gasteiger partial charge in [-0.05, 0) is 22.9 Å². The Morgan fingerprint density at radius 2 is 2.27 bits per heavy atom. The van der Waals surface area contributed by atoms with Crippen molar-refractivity contribution in [2.45, 2.75) is 18.0 Å². The summed E-state index contributed by atoms with van der Waals surface area (Å²) in [5.41, 5.74) is 0. The number of aromatic nitrogens is 3. The number of hydrogen-bond donors (Lipinski definition) is 1. The lowest BCUT2D eigenvalue weighted by atomic mass is 10.4. The summed E-state index contributed by atoms with van der Waals surface area (Å²) in [4.78, 5) is 0. The monoisotopic (exact) mass is 292 g/mol. The molecule has 0 radical (unpaired) electrons. The number of aryl methyl sites for hydroxylation is 1. The Hall–Kier alpha value is -0.910. The van der Waals surface area contributed by atoms with Gasteiger partial charge in [0, 0.05) is 7.05 Å². The largest absolute Gasteiger partial charge is 0.261 e. The second kappa shape index (κ2) is 4.30. The number of halogens is 1. The molecule has 82 valence electrons. The van der Waals surface area contributed by atoms with Gasteiger partial charge in [-0.3, -0.25) is 0 Å². The molecule has 1 unspecified atom stereocenters. The third kappa shape index (κ3) is 2.56. The van der Waals surface area contributed by atoms with Gasteiger partial charge in [0.2, 0.25) is 5.03 Å². The SMILES string of the molecule is C#CC(C)NS(=O)(=O)c1c(Br)nnn1C. The van der Waals surface area contributed by atoms with Crippen molar-refractivity contribution in [1.82, 2.24) is 19.7 Å². The molecule has 1 N–H and O–H groups in total. The van der Waals surface area contributed by atoms with Gasteiger partial charge < -0.3 is 0 Å². The van der Waals surface area contributed by atoms with Gasteiger partial charge in [-0.15, -0.1) is 11.5 Å². The van der Waals surface area contributed by atoms with Crippen LogP contribution in [0.3, 0.4) is 0 Å². The molecule has 1 rings (SSSR count). The van der Waals surface area contributed by atoms with Crippen LogP contribution < -0.4 is 4.72 Å². The number of sulfonamides is 1. The predicted molar refractivity (Wildman–Crippen MR) is 57.3 cm³/mol. The maximum absolute atomic E-state index is 11.8. The second-order valence-corrected chi connectivity index (χ2v) is 5.20. The highest BCUT2D eigenvalue weighted by atomic mass is 79.9. The summed E-state index contributed by atoms with van der Waals surface area (Å²) in [6.07, 6.45) is 5.08. The maximum Gasteiger partial charge on any atom is 0.261 e.